The van der Waals surface area contributed by atoms with Crippen LogP contribution >= 0.6 is 11.3 Å². The van der Waals surface area contributed by atoms with E-state index in [0.717, 1.165) is 30.0 Å². The van der Waals surface area contributed by atoms with Gasteiger partial charge in [-0.3, -0.25) is 0 Å². The van der Waals surface area contributed by atoms with Crippen LogP contribution in [0.15, 0.2) is 0 Å². The number of aromatic nitrogens is 1. The first-order chi connectivity index (χ1) is 8.49. The molecule has 1 aliphatic carbocycles. The van der Waals surface area contributed by atoms with Crippen molar-refractivity contribution in [1.29, 1.82) is 0 Å². The second-order valence-corrected chi connectivity index (χ2v) is 6.00. The summed E-state index contributed by atoms with van der Waals surface area (Å²) in [6, 6.07) is 0. The van der Waals surface area contributed by atoms with Crippen molar-refractivity contribution in [2.75, 3.05) is 6.61 Å². The van der Waals surface area contributed by atoms with Gasteiger partial charge in [0.1, 0.15) is 9.88 Å². The van der Waals surface area contributed by atoms with Crippen molar-refractivity contribution in [1.82, 2.24) is 4.98 Å². The molecule has 0 bridgehead atoms. The fraction of sp³-hybridized carbons (Fsp3) is 0.692. The molecule has 0 amide bonds. The molecule has 2 rings (SSSR count). The van der Waals surface area contributed by atoms with E-state index in [9.17, 15) is 4.79 Å². The molecule has 4 nitrogen and oxygen atoms in total. The summed E-state index contributed by atoms with van der Waals surface area (Å²) in [6.07, 6.45) is 3.03. The second-order valence-electron chi connectivity index (χ2n) is 5.00. The zero-order valence-electron chi connectivity index (χ0n) is 11.2. The van der Waals surface area contributed by atoms with Crippen LogP contribution in [0.5, 0.6) is 0 Å². The normalized spacial score (nSPS) is 18.4. The van der Waals surface area contributed by atoms with Crippen molar-refractivity contribution in [3.63, 3.8) is 0 Å². The van der Waals surface area contributed by atoms with E-state index >= 15 is 0 Å². The van der Waals surface area contributed by atoms with Crippen LogP contribution in [-0.4, -0.2) is 17.6 Å². The van der Waals surface area contributed by atoms with Crippen molar-refractivity contribution in [2.45, 2.75) is 51.5 Å². The summed E-state index contributed by atoms with van der Waals surface area (Å²) in [4.78, 5) is 17.2. The minimum atomic E-state index is -0.459. The van der Waals surface area contributed by atoms with Gasteiger partial charge in [0.25, 0.3) is 0 Å². The number of rotatable bonds is 5. The Morgan fingerprint density at radius 1 is 1.56 bits per heavy atom. The van der Waals surface area contributed by atoms with Gasteiger partial charge < -0.3 is 10.5 Å². The molecule has 1 aliphatic rings. The Bertz CT molecular complexity index is 450. The predicted molar refractivity (Wildman–Crippen MR) is 71.9 cm³/mol. The molecule has 1 heterocycles. The third-order valence-electron chi connectivity index (χ3n) is 3.30. The molecule has 1 aromatic rings. The molecule has 0 aromatic carbocycles. The summed E-state index contributed by atoms with van der Waals surface area (Å²) >= 11 is 1.40. The molecular formula is C13H20N2O2S. The van der Waals surface area contributed by atoms with E-state index in [-0.39, 0.29) is 5.97 Å². The first kappa shape index (κ1) is 13.5. The molecule has 0 spiro atoms. The van der Waals surface area contributed by atoms with E-state index < -0.39 is 5.54 Å². The van der Waals surface area contributed by atoms with Gasteiger partial charge in [-0.05, 0) is 33.1 Å². The summed E-state index contributed by atoms with van der Waals surface area (Å²) in [5.41, 5.74) is 6.65. The van der Waals surface area contributed by atoms with Crippen LogP contribution in [0.3, 0.4) is 0 Å². The van der Waals surface area contributed by atoms with Crippen LogP contribution in [0, 0.1) is 0 Å². The summed E-state index contributed by atoms with van der Waals surface area (Å²) in [5.74, 6) is 0.178. The topological polar surface area (TPSA) is 65.2 Å². The van der Waals surface area contributed by atoms with Crippen LogP contribution in [0.1, 0.15) is 66.3 Å². The van der Waals surface area contributed by atoms with Gasteiger partial charge in [0.15, 0.2) is 0 Å². The fourth-order valence-electron chi connectivity index (χ4n) is 1.70. The monoisotopic (exact) mass is 268 g/mol. The van der Waals surface area contributed by atoms with Gasteiger partial charge in [0, 0.05) is 5.92 Å². The van der Waals surface area contributed by atoms with Crippen LogP contribution in [-0.2, 0) is 10.3 Å². The zero-order chi connectivity index (χ0) is 13.3. The van der Waals surface area contributed by atoms with E-state index in [1.165, 1.54) is 11.3 Å². The highest BCUT2D eigenvalue weighted by molar-refractivity contribution is 7.13. The molecular weight excluding hydrogens is 248 g/mol. The Morgan fingerprint density at radius 3 is 2.72 bits per heavy atom. The number of hydrogen-bond acceptors (Lipinski definition) is 5. The largest absolute Gasteiger partial charge is 0.462 e. The third-order valence-corrected chi connectivity index (χ3v) is 4.63. The quantitative estimate of drug-likeness (QED) is 0.834. The number of nitrogens with two attached hydrogens (primary N) is 1. The van der Waals surface area contributed by atoms with Crippen LogP contribution in [0.2, 0.25) is 0 Å². The molecule has 0 saturated heterocycles. The van der Waals surface area contributed by atoms with Gasteiger partial charge in [-0.15, -0.1) is 11.3 Å². The zero-order valence-corrected chi connectivity index (χ0v) is 12.0. The minimum Gasteiger partial charge on any atom is -0.462 e. The summed E-state index contributed by atoms with van der Waals surface area (Å²) in [6.45, 7) is 6.19. The van der Waals surface area contributed by atoms with Gasteiger partial charge in [-0.25, -0.2) is 9.78 Å². The van der Waals surface area contributed by atoms with Crippen LogP contribution in [0.25, 0.3) is 0 Å². The molecule has 1 atom stereocenters. The highest BCUT2D eigenvalue weighted by Crippen LogP contribution is 2.44. The molecule has 1 aromatic heterocycles. The molecule has 1 unspecified atom stereocenters. The van der Waals surface area contributed by atoms with Gasteiger partial charge >= 0.3 is 5.97 Å². The van der Waals surface area contributed by atoms with Crippen molar-refractivity contribution >= 4 is 17.3 Å². The maximum absolute atomic E-state index is 11.9. The minimum absolute atomic E-state index is 0.255. The van der Waals surface area contributed by atoms with E-state index in [1.54, 1.807) is 0 Å². The average molecular weight is 268 g/mol. The summed E-state index contributed by atoms with van der Waals surface area (Å²) in [7, 11) is 0. The van der Waals surface area contributed by atoms with Gasteiger partial charge in [-0.2, -0.15) is 0 Å². The second kappa shape index (κ2) is 4.97. The Morgan fingerprint density at radius 2 is 2.22 bits per heavy atom. The number of thiazole rings is 1. The first-order valence-electron chi connectivity index (χ1n) is 6.46. The highest BCUT2D eigenvalue weighted by Gasteiger charge is 2.35. The fourth-order valence-corrected chi connectivity index (χ4v) is 2.88. The number of ether oxygens (including phenoxy) is 1. The molecule has 0 aliphatic heterocycles. The lowest BCUT2D eigenvalue weighted by Gasteiger charge is -2.18. The first-order valence-corrected chi connectivity index (χ1v) is 7.28. The lowest BCUT2D eigenvalue weighted by atomic mass is 10.0. The van der Waals surface area contributed by atoms with Crippen LogP contribution < -0.4 is 5.73 Å². The van der Waals surface area contributed by atoms with Crippen molar-refractivity contribution in [3.8, 4) is 0 Å². The predicted octanol–water partition coefficient (Wildman–Crippen LogP) is 2.78. The SMILES string of the molecule is CCOC(=O)c1sc(C(C)(N)CC)nc1C1CC1. The number of esters is 1. The smallest absolute Gasteiger partial charge is 0.350 e. The molecule has 1 fully saturated rings. The van der Waals surface area contributed by atoms with Gasteiger partial charge in [-0.1, -0.05) is 6.92 Å². The maximum atomic E-state index is 11.9. The Hall–Kier alpha value is -0.940. The lowest BCUT2D eigenvalue weighted by molar-refractivity contribution is 0.0530. The molecule has 100 valence electrons. The van der Waals surface area contributed by atoms with Gasteiger partial charge in [0.05, 0.1) is 17.8 Å². The Kier molecular flexibility index (Phi) is 3.73. The van der Waals surface area contributed by atoms with Crippen molar-refractivity contribution < 1.29 is 9.53 Å². The third kappa shape index (κ3) is 2.57. The summed E-state index contributed by atoms with van der Waals surface area (Å²) in [5, 5.41) is 0.843. The molecule has 1 saturated carbocycles. The number of carbonyl (C=O) groups excluding carboxylic acids is 1. The molecule has 18 heavy (non-hydrogen) atoms. The average Bonchev–Trinajstić information content (AvgIpc) is 3.07. The van der Waals surface area contributed by atoms with Crippen LogP contribution in [0.4, 0.5) is 0 Å². The van der Waals surface area contributed by atoms with E-state index in [4.69, 9.17) is 10.5 Å². The van der Waals surface area contributed by atoms with E-state index in [1.807, 2.05) is 20.8 Å². The van der Waals surface area contributed by atoms with E-state index in [0.29, 0.717) is 17.4 Å². The summed E-state index contributed by atoms with van der Waals surface area (Å²) < 4.78 is 5.10. The molecule has 5 heteroatoms. The molecule has 2 N–H and O–H groups in total. The van der Waals surface area contributed by atoms with Crippen molar-refractivity contribution in [3.05, 3.63) is 15.6 Å². The standard InChI is InChI=1S/C13H20N2O2S/c1-4-13(3,14)12-15-9(8-6-7-8)10(18-12)11(16)17-5-2/h8H,4-7,14H2,1-3H3. The Balaban J connectivity index is 2.35. The number of carbonyl (C=O) groups is 1. The number of hydrogen-bond donors (Lipinski definition) is 1. The lowest BCUT2D eigenvalue weighted by Crippen LogP contribution is -2.31. The van der Waals surface area contributed by atoms with Gasteiger partial charge in [0.2, 0.25) is 0 Å². The highest BCUT2D eigenvalue weighted by atomic mass is 32.1. The molecule has 0 radical (unpaired) electrons. The van der Waals surface area contributed by atoms with Crippen molar-refractivity contribution in [2.24, 2.45) is 5.73 Å². The maximum Gasteiger partial charge on any atom is 0.350 e. The number of nitrogens with zero attached hydrogens (tertiary/aromatic N) is 1. The Labute approximate surface area is 112 Å². The van der Waals surface area contributed by atoms with E-state index in [2.05, 4.69) is 4.98 Å².